The lowest BCUT2D eigenvalue weighted by molar-refractivity contribution is 0.0209. The minimum Gasteiger partial charge on any atom is -0.375 e. The SMILES string of the molecule is CC1=CC2C(CC1)COC2(C)C. The zero-order valence-corrected chi connectivity index (χ0v) is 8.26. The molecule has 0 aromatic carbocycles. The summed E-state index contributed by atoms with van der Waals surface area (Å²) >= 11 is 0. The molecule has 2 atom stereocenters. The van der Waals surface area contributed by atoms with E-state index in [1.54, 1.807) is 5.57 Å². The van der Waals surface area contributed by atoms with Gasteiger partial charge in [-0.1, -0.05) is 11.6 Å². The third-order valence-electron chi connectivity index (χ3n) is 3.35. The molecule has 1 heteroatoms. The van der Waals surface area contributed by atoms with Crippen molar-refractivity contribution >= 4 is 0 Å². The summed E-state index contributed by atoms with van der Waals surface area (Å²) in [6.45, 7) is 7.64. The van der Waals surface area contributed by atoms with Crippen molar-refractivity contribution in [2.75, 3.05) is 6.61 Å². The molecule has 2 unspecified atom stereocenters. The lowest BCUT2D eigenvalue weighted by atomic mass is 9.76. The third kappa shape index (κ3) is 1.20. The lowest BCUT2D eigenvalue weighted by Crippen LogP contribution is -2.30. The van der Waals surface area contributed by atoms with E-state index in [4.69, 9.17) is 4.74 Å². The fraction of sp³-hybridized carbons (Fsp3) is 0.818. The van der Waals surface area contributed by atoms with Crippen LogP contribution in [-0.4, -0.2) is 12.2 Å². The van der Waals surface area contributed by atoms with Crippen LogP contribution in [0.1, 0.15) is 33.6 Å². The second-order valence-electron chi connectivity index (χ2n) is 4.75. The maximum atomic E-state index is 5.79. The van der Waals surface area contributed by atoms with Crippen molar-refractivity contribution in [3.8, 4) is 0 Å². The van der Waals surface area contributed by atoms with Gasteiger partial charge in [-0.25, -0.2) is 0 Å². The van der Waals surface area contributed by atoms with Gasteiger partial charge in [0.05, 0.1) is 12.2 Å². The van der Waals surface area contributed by atoms with E-state index in [2.05, 4.69) is 26.8 Å². The van der Waals surface area contributed by atoms with Crippen LogP contribution in [0.15, 0.2) is 11.6 Å². The highest BCUT2D eigenvalue weighted by molar-refractivity contribution is 5.13. The third-order valence-corrected chi connectivity index (χ3v) is 3.35. The molecule has 1 saturated heterocycles. The minimum atomic E-state index is 0.0896. The molecule has 0 saturated carbocycles. The standard InChI is InChI=1S/C11H18O/c1-8-4-5-9-7-12-11(2,3)10(9)6-8/h6,9-10H,4-5,7H2,1-3H3. The number of fused-ring (bicyclic) bond motifs is 1. The van der Waals surface area contributed by atoms with Gasteiger partial charge in [-0.05, 0) is 39.5 Å². The van der Waals surface area contributed by atoms with Gasteiger partial charge in [0.1, 0.15) is 0 Å². The Morgan fingerprint density at radius 3 is 3.00 bits per heavy atom. The Balaban J connectivity index is 2.25. The molecular formula is C11H18O. The summed E-state index contributed by atoms with van der Waals surface area (Å²) in [5.41, 5.74) is 1.64. The van der Waals surface area contributed by atoms with Crippen LogP contribution >= 0.6 is 0 Å². The predicted molar refractivity (Wildman–Crippen MR) is 50.0 cm³/mol. The van der Waals surface area contributed by atoms with Crippen LogP contribution < -0.4 is 0 Å². The zero-order valence-electron chi connectivity index (χ0n) is 8.26. The summed E-state index contributed by atoms with van der Waals surface area (Å²) < 4.78 is 5.79. The average molecular weight is 166 g/mol. The number of hydrogen-bond donors (Lipinski definition) is 0. The highest BCUT2D eigenvalue weighted by Crippen LogP contribution is 2.43. The van der Waals surface area contributed by atoms with Crippen LogP contribution in [0.25, 0.3) is 0 Å². The molecule has 0 spiro atoms. The molecule has 68 valence electrons. The molecular weight excluding hydrogens is 148 g/mol. The predicted octanol–water partition coefficient (Wildman–Crippen LogP) is 2.77. The van der Waals surface area contributed by atoms with Gasteiger partial charge in [0.2, 0.25) is 0 Å². The summed E-state index contributed by atoms with van der Waals surface area (Å²) in [5.74, 6) is 1.47. The summed E-state index contributed by atoms with van der Waals surface area (Å²) in [5, 5.41) is 0. The van der Waals surface area contributed by atoms with Gasteiger partial charge in [0.25, 0.3) is 0 Å². The maximum Gasteiger partial charge on any atom is 0.0692 e. The van der Waals surface area contributed by atoms with Gasteiger partial charge >= 0.3 is 0 Å². The largest absolute Gasteiger partial charge is 0.375 e. The van der Waals surface area contributed by atoms with E-state index in [0.717, 1.165) is 12.5 Å². The molecule has 1 heterocycles. The first-order valence-corrected chi connectivity index (χ1v) is 4.91. The maximum absolute atomic E-state index is 5.79. The van der Waals surface area contributed by atoms with Crippen molar-refractivity contribution < 1.29 is 4.74 Å². The Kier molecular flexibility index (Phi) is 1.80. The van der Waals surface area contributed by atoms with E-state index >= 15 is 0 Å². The van der Waals surface area contributed by atoms with Crippen LogP contribution in [0.4, 0.5) is 0 Å². The molecule has 1 nitrogen and oxygen atoms in total. The number of ether oxygens (including phenoxy) is 1. The summed E-state index contributed by atoms with van der Waals surface area (Å²) in [6.07, 6.45) is 5.04. The molecule has 0 N–H and O–H groups in total. The summed E-state index contributed by atoms with van der Waals surface area (Å²) in [7, 11) is 0. The molecule has 2 rings (SSSR count). The van der Waals surface area contributed by atoms with Gasteiger partial charge < -0.3 is 4.74 Å². The van der Waals surface area contributed by atoms with Gasteiger partial charge in [-0.15, -0.1) is 0 Å². The Morgan fingerprint density at radius 1 is 1.50 bits per heavy atom. The van der Waals surface area contributed by atoms with Gasteiger partial charge in [0.15, 0.2) is 0 Å². The quantitative estimate of drug-likeness (QED) is 0.503. The molecule has 1 aliphatic carbocycles. The van der Waals surface area contributed by atoms with Crippen molar-refractivity contribution in [3.05, 3.63) is 11.6 Å². The van der Waals surface area contributed by atoms with Gasteiger partial charge in [-0.2, -0.15) is 0 Å². The second-order valence-corrected chi connectivity index (χ2v) is 4.75. The molecule has 0 amide bonds. The van der Waals surface area contributed by atoms with Crippen molar-refractivity contribution in [3.63, 3.8) is 0 Å². The number of rotatable bonds is 0. The number of hydrogen-bond acceptors (Lipinski definition) is 1. The van der Waals surface area contributed by atoms with Crippen molar-refractivity contribution in [2.45, 2.75) is 39.2 Å². The van der Waals surface area contributed by atoms with E-state index in [-0.39, 0.29) is 5.60 Å². The second kappa shape index (κ2) is 2.59. The first-order valence-electron chi connectivity index (χ1n) is 4.91. The Morgan fingerprint density at radius 2 is 2.25 bits per heavy atom. The van der Waals surface area contributed by atoms with E-state index in [1.165, 1.54) is 12.8 Å². The highest BCUT2D eigenvalue weighted by atomic mass is 16.5. The van der Waals surface area contributed by atoms with E-state index < -0.39 is 0 Å². The molecule has 1 fully saturated rings. The molecule has 12 heavy (non-hydrogen) atoms. The lowest BCUT2D eigenvalue weighted by Gasteiger charge is -2.29. The average Bonchev–Trinajstić information content (AvgIpc) is 2.28. The fourth-order valence-electron chi connectivity index (χ4n) is 2.49. The number of allylic oxidation sites excluding steroid dienone is 1. The smallest absolute Gasteiger partial charge is 0.0692 e. The normalized spacial score (nSPS) is 39.1. The van der Waals surface area contributed by atoms with Gasteiger partial charge in [-0.3, -0.25) is 0 Å². The topological polar surface area (TPSA) is 9.23 Å². The van der Waals surface area contributed by atoms with Crippen LogP contribution in [0, 0.1) is 11.8 Å². The Bertz CT molecular complexity index is 215. The summed E-state index contributed by atoms with van der Waals surface area (Å²) in [4.78, 5) is 0. The summed E-state index contributed by atoms with van der Waals surface area (Å²) in [6, 6.07) is 0. The van der Waals surface area contributed by atoms with Crippen LogP contribution in [0.3, 0.4) is 0 Å². The molecule has 0 radical (unpaired) electrons. The zero-order chi connectivity index (χ0) is 8.77. The molecule has 1 aliphatic heterocycles. The van der Waals surface area contributed by atoms with Crippen molar-refractivity contribution in [1.29, 1.82) is 0 Å². The molecule has 0 aromatic rings. The van der Waals surface area contributed by atoms with Gasteiger partial charge in [0, 0.05) is 5.92 Å². The van der Waals surface area contributed by atoms with Crippen LogP contribution in [0.2, 0.25) is 0 Å². The molecule has 0 bridgehead atoms. The van der Waals surface area contributed by atoms with Crippen molar-refractivity contribution in [2.24, 2.45) is 11.8 Å². The first-order chi connectivity index (χ1) is 5.59. The minimum absolute atomic E-state index is 0.0896. The van der Waals surface area contributed by atoms with E-state index in [1.807, 2.05) is 0 Å². The molecule has 0 aromatic heterocycles. The first kappa shape index (κ1) is 8.31. The fourth-order valence-corrected chi connectivity index (χ4v) is 2.49. The highest BCUT2D eigenvalue weighted by Gasteiger charge is 2.42. The van der Waals surface area contributed by atoms with E-state index in [9.17, 15) is 0 Å². The van der Waals surface area contributed by atoms with Crippen molar-refractivity contribution in [1.82, 2.24) is 0 Å². The van der Waals surface area contributed by atoms with Crippen LogP contribution in [-0.2, 0) is 4.74 Å². The van der Waals surface area contributed by atoms with Crippen LogP contribution in [0.5, 0.6) is 0 Å². The monoisotopic (exact) mass is 166 g/mol. The Labute approximate surface area is 74.8 Å². The van der Waals surface area contributed by atoms with E-state index in [0.29, 0.717) is 5.92 Å². The Hall–Kier alpha value is -0.300. The molecule has 2 aliphatic rings.